The van der Waals surface area contributed by atoms with Crippen LogP contribution in [0.4, 0.5) is 28.9 Å². The maximum Gasteiger partial charge on any atom is 0.401 e. The number of anilines is 2. The summed E-state index contributed by atoms with van der Waals surface area (Å²) in [4.78, 5) is 3.14. The first-order chi connectivity index (χ1) is 9.26. The molecule has 0 aromatic heterocycles. The van der Waals surface area contributed by atoms with Crippen LogP contribution in [0.1, 0.15) is 0 Å². The number of nitrogens with zero attached hydrogens (tertiary/aromatic N) is 2. The molecule has 0 bridgehead atoms. The van der Waals surface area contributed by atoms with Crippen molar-refractivity contribution in [2.24, 2.45) is 0 Å². The zero-order valence-corrected chi connectivity index (χ0v) is 11.3. The first-order valence-electron chi connectivity index (χ1n) is 6.05. The predicted octanol–water partition coefficient (Wildman–Crippen LogP) is 2.75. The average Bonchev–Trinajstić information content (AvgIpc) is 2.33. The van der Waals surface area contributed by atoms with Crippen LogP contribution >= 0.6 is 11.6 Å². The van der Waals surface area contributed by atoms with Gasteiger partial charge in [0.25, 0.3) is 0 Å². The number of rotatable bonds is 2. The SMILES string of the molecule is Nc1cc(F)c(Cl)cc1N1CCN(CC(F)(F)F)CC1. The van der Waals surface area contributed by atoms with Crippen molar-refractivity contribution in [1.82, 2.24) is 4.90 Å². The summed E-state index contributed by atoms with van der Waals surface area (Å²) in [5.41, 5.74) is 6.51. The Labute approximate surface area is 118 Å². The van der Waals surface area contributed by atoms with E-state index in [9.17, 15) is 17.6 Å². The molecule has 0 saturated carbocycles. The lowest BCUT2D eigenvalue weighted by atomic mass is 10.2. The summed E-state index contributed by atoms with van der Waals surface area (Å²) in [6.45, 7) is 0.410. The Balaban J connectivity index is 2.02. The van der Waals surface area contributed by atoms with E-state index in [2.05, 4.69) is 0 Å². The molecule has 20 heavy (non-hydrogen) atoms. The van der Waals surface area contributed by atoms with E-state index in [1.165, 1.54) is 11.0 Å². The molecule has 0 radical (unpaired) electrons. The summed E-state index contributed by atoms with van der Waals surface area (Å²) >= 11 is 5.70. The van der Waals surface area contributed by atoms with Gasteiger partial charge in [0.2, 0.25) is 0 Å². The summed E-state index contributed by atoms with van der Waals surface area (Å²) in [5.74, 6) is -0.608. The standard InChI is InChI=1S/C12H14ClF4N3/c13-8-5-11(10(18)6-9(8)14)20-3-1-19(2-4-20)7-12(15,16)17/h5-6H,1-4,7,18H2. The van der Waals surface area contributed by atoms with Crippen LogP contribution < -0.4 is 10.6 Å². The molecule has 0 unspecified atom stereocenters. The topological polar surface area (TPSA) is 32.5 Å². The minimum Gasteiger partial charge on any atom is -0.397 e. The minimum atomic E-state index is -4.19. The number of benzene rings is 1. The van der Waals surface area contributed by atoms with Gasteiger partial charge in [0, 0.05) is 32.2 Å². The molecule has 0 amide bonds. The Kier molecular flexibility index (Phi) is 4.29. The van der Waals surface area contributed by atoms with Gasteiger partial charge in [-0.15, -0.1) is 0 Å². The van der Waals surface area contributed by atoms with Crippen molar-refractivity contribution < 1.29 is 17.6 Å². The normalized spacial score (nSPS) is 17.6. The Morgan fingerprint density at radius 3 is 2.30 bits per heavy atom. The number of hydrogen-bond donors (Lipinski definition) is 1. The Bertz CT molecular complexity index is 484. The first kappa shape index (κ1) is 15.2. The summed E-state index contributed by atoms with van der Waals surface area (Å²) in [6.07, 6.45) is -4.19. The smallest absolute Gasteiger partial charge is 0.397 e. The Morgan fingerprint density at radius 2 is 1.75 bits per heavy atom. The molecule has 2 rings (SSSR count). The third-order valence-electron chi connectivity index (χ3n) is 3.19. The lowest BCUT2D eigenvalue weighted by Gasteiger charge is -2.36. The van der Waals surface area contributed by atoms with Gasteiger partial charge in [-0.25, -0.2) is 4.39 Å². The molecule has 0 aliphatic carbocycles. The van der Waals surface area contributed by atoms with Crippen molar-refractivity contribution in [3.8, 4) is 0 Å². The zero-order valence-electron chi connectivity index (χ0n) is 10.6. The van der Waals surface area contributed by atoms with E-state index < -0.39 is 18.5 Å². The van der Waals surface area contributed by atoms with Crippen LogP contribution in [0.5, 0.6) is 0 Å². The number of halogens is 5. The van der Waals surface area contributed by atoms with Crippen LogP contribution in [-0.4, -0.2) is 43.8 Å². The fourth-order valence-electron chi connectivity index (χ4n) is 2.23. The lowest BCUT2D eigenvalue weighted by Crippen LogP contribution is -2.49. The van der Waals surface area contributed by atoms with Crippen LogP contribution in [0.15, 0.2) is 12.1 Å². The van der Waals surface area contributed by atoms with Crippen molar-refractivity contribution in [2.45, 2.75) is 6.18 Å². The number of hydrogen-bond acceptors (Lipinski definition) is 3. The van der Waals surface area contributed by atoms with Crippen molar-refractivity contribution in [3.63, 3.8) is 0 Å². The molecule has 1 fully saturated rings. The highest BCUT2D eigenvalue weighted by Crippen LogP contribution is 2.30. The highest BCUT2D eigenvalue weighted by Gasteiger charge is 2.32. The molecule has 112 valence electrons. The van der Waals surface area contributed by atoms with E-state index >= 15 is 0 Å². The second-order valence-electron chi connectivity index (χ2n) is 4.70. The summed E-state index contributed by atoms with van der Waals surface area (Å²) in [6, 6.07) is 2.53. The van der Waals surface area contributed by atoms with E-state index in [-0.39, 0.29) is 23.8 Å². The maximum atomic E-state index is 13.2. The van der Waals surface area contributed by atoms with E-state index in [4.69, 9.17) is 17.3 Å². The fourth-order valence-corrected chi connectivity index (χ4v) is 2.38. The van der Waals surface area contributed by atoms with Gasteiger partial charge in [-0.3, -0.25) is 4.90 Å². The molecule has 1 heterocycles. The van der Waals surface area contributed by atoms with Gasteiger partial charge in [-0.05, 0) is 6.07 Å². The van der Waals surface area contributed by atoms with Gasteiger partial charge in [0.1, 0.15) is 5.82 Å². The fraction of sp³-hybridized carbons (Fsp3) is 0.500. The predicted molar refractivity (Wildman–Crippen MR) is 70.5 cm³/mol. The van der Waals surface area contributed by atoms with Gasteiger partial charge in [0.05, 0.1) is 22.9 Å². The molecule has 1 aromatic rings. The van der Waals surface area contributed by atoms with Gasteiger partial charge in [-0.1, -0.05) is 11.6 Å². The highest BCUT2D eigenvalue weighted by atomic mass is 35.5. The minimum absolute atomic E-state index is 0.0491. The quantitative estimate of drug-likeness (QED) is 0.673. The van der Waals surface area contributed by atoms with E-state index in [1.807, 2.05) is 4.90 Å². The van der Waals surface area contributed by atoms with Crippen LogP contribution in [0, 0.1) is 5.82 Å². The Morgan fingerprint density at radius 1 is 1.15 bits per heavy atom. The maximum absolute atomic E-state index is 13.2. The molecule has 8 heteroatoms. The molecule has 0 spiro atoms. The van der Waals surface area contributed by atoms with Crippen molar-refractivity contribution in [2.75, 3.05) is 43.4 Å². The molecule has 3 nitrogen and oxygen atoms in total. The van der Waals surface area contributed by atoms with Crippen molar-refractivity contribution in [3.05, 3.63) is 23.0 Å². The molecular weight excluding hydrogens is 298 g/mol. The number of nitrogens with two attached hydrogens (primary N) is 1. The monoisotopic (exact) mass is 311 g/mol. The molecule has 0 atom stereocenters. The van der Waals surface area contributed by atoms with Crippen molar-refractivity contribution in [1.29, 1.82) is 0 Å². The van der Waals surface area contributed by atoms with Crippen LogP contribution in [0.3, 0.4) is 0 Å². The van der Waals surface area contributed by atoms with E-state index in [1.54, 1.807) is 0 Å². The number of piperazine rings is 1. The summed E-state index contributed by atoms with van der Waals surface area (Å²) in [7, 11) is 0. The van der Waals surface area contributed by atoms with E-state index in [0.717, 1.165) is 6.07 Å². The summed E-state index contributed by atoms with van der Waals surface area (Å²) in [5, 5.41) is -0.0491. The molecule has 1 aromatic carbocycles. The number of alkyl halides is 3. The van der Waals surface area contributed by atoms with Crippen molar-refractivity contribution >= 4 is 23.0 Å². The second kappa shape index (κ2) is 5.65. The van der Waals surface area contributed by atoms with Crippen LogP contribution in [0.2, 0.25) is 5.02 Å². The first-order valence-corrected chi connectivity index (χ1v) is 6.42. The Hall–Kier alpha value is -1.21. The molecular formula is C12H14ClF4N3. The van der Waals surface area contributed by atoms with E-state index in [0.29, 0.717) is 18.8 Å². The third kappa shape index (κ3) is 3.67. The molecule has 2 N–H and O–H groups in total. The van der Waals surface area contributed by atoms with Gasteiger partial charge >= 0.3 is 6.18 Å². The lowest BCUT2D eigenvalue weighted by molar-refractivity contribution is -0.146. The summed E-state index contributed by atoms with van der Waals surface area (Å²) < 4.78 is 50.1. The van der Waals surface area contributed by atoms with Gasteiger partial charge < -0.3 is 10.6 Å². The van der Waals surface area contributed by atoms with Crippen LogP contribution in [-0.2, 0) is 0 Å². The van der Waals surface area contributed by atoms with Crippen LogP contribution in [0.25, 0.3) is 0 Å². The number of nitrogen functional groups attached to an aromatic ring is 1. The second-order valence-corrected chi connectivity index (χ2v) is 5.11. The molecule has 1 aliphatic heterocycles. The molecule has 1 aliphatic rings. The van der Waals surface area contributed by atoms with Gasteiger partial charge in [-0.2, -0.15) is 13.2 Å². The molecule has 1 saturated heterocycles. The third-order valence-corrected chi connectivity index (χ3v) is 3.48. The highest BCUT2D eigenvalue weighted by molar-refractivity contribution is 6.31. The largest absolute Gasteiger partial charge is 0.401 e. The zero-order chi connectivity index (χ0) is 14.9. The average molecular weight is 312 g/mol. The van der Waals surface area contributed by atoms with Gasteiger partial charge in [0.15, 0.2) is 0 Å².